The molecule has 1 amide bonds. The van der Waals surface area contributed by atoms with Crippen molar-refractivity contribution in [3.63, 3.8) is 0 Å². The number of rotatable bonds is 7. The van der Waals surface area contributed by atoms with Gasteiger partial charge in [0, 0.05) is 33.2 Å². The third kappa shape index (κ3) is 5.19. The minimum Gasteiger partial charge on any atom is -0.383 e. The Kier molecular flexibility index (Phi) is 7.42. The van der Waals surface area contributed by atoms with Crippen LogP contribution in [0.25, 0.3) is 0 Å². The Balaban J connectivity index is 4.01. The molecule has 0 aromatic heterocycles. The summed E-state index contributed by atoms with van der Waals surface area (Å²) in [6.45, 7) is 7.77. The van der Waals surface area contributed by atoms with Gasteiger partial charge in [0.1, 0.15) is 0 Å². The average Bonchev–Trinajstić information content (AvgIpc) is 2.17. The van der Waals surface area contributed by atoms with Gasteiger partial charge >= 0.3 is 0 Å². The van der Waals surface area contributed by atoms with Crippen LogP contribution in [0.2, 0.25) is 0 Å². The van der Waals surface area contributed by atoms with Crippen molar-refractivity contribution in [2.75, 3.05) is 40.5 Å². The molecule has 0 heterocycles. The molecule has 0 unspecified atom stereocenters. The molecule has 4 nitrogen and oxygen atoms in total. The van der Waals surface area contributed by atoms with Gasteiger partial charge in [-0.15, -0.1) is 0 Å². The highest BCUT2D eigenvalue weighted by atomic mass is 16.5. The van der Waals surface area contributed by atoms with E-state index in [0.29, 0.717) is 26.3 Å². The van der Waals surface area contributed by atoms with E-state index in [0.717, 1.165) is 0 Å². The predicted molar refractivity (Wildman–Crippen MR) is 54.9 cm³/mol. The SMILES string of the molecule is [CH2][C@@H](C)C(=O)N(CCOC)CCOC. The van der Waals surface area contributed by atoms with Crippen LogP contribution in [0.3, 0.4) is 0 Å². The number of hydrogen-bond donors (Lipinski definition) is 0. The van der Waals surface area contributed by atoms with Gasteiger partial charge in [-0.25, -0.2) is 0 Å². The summed E-state index contributed by atoms with van der Waals surface area (Å²) in [4.78, 5) is 13.3. The molecule has 0 bridgehead atoms. The van der Waals surface area contributed by atoms with Gasteiger partial charge in [0.2, 0.25) is 5.91 Å². The van der Waals surface area contributed by atoms with Crippen molar-refractivity contribution in [3.05, 3.63) is 6.92 Å². The van der Waals surface area contributed by atoms with Crippen LogP contribution in [0, 0.1) is 12.8 Å². The number of amides is 1. The van der Waals surface area contributed by atoms with Crippen LogP contribution in [-0.4, -0.2) is 51.3 Å². The van der Waals surface area contributed by atoms with Gasteiger partial charge in [-0.2, -0.15) is 0 Å². The zero-order valence-corrected chi connectivity index (χ0v) is 9.28. The monoisotopic (exact) mass is 202 g/mol. The van der Waals surface area contributed by atoms with E-state index < -0.39 is 0 Å². The molecule has 0 N–H and O–H groups in total. The summed E-state index contributed by atoms with van der Waals surface area (Å²) in [7, 11) is 3.24. The van der Waals surface area contributed by atoms with Crippen LogP contribution >= 0.6 is 0 Å². The van der Waals surface area contributed by atoms with Gasteiger partial charge in [0.05, 0.1) is 13.2 Å². The highest BCUT2D eigenvalue weighted by Crippen LogP contribution is 2.00. The summed E-state index contributed by atoms with van der Waals surface area (Å²) >= 11 is 0. The fraction of sp³-hybridized carbons (Fsp3) is 0.800. The van der Waals surface area contributed by atoms with Crippen molar-refractivity contribution in [3.8, 4) is 0 Å². The molecule has 14 heavy (non-hydrogen) atoms. The van der Waals surface area contributed by atoms with Crippen LogP contribution in [0.5, 0.6) is 0 Å². The van der Waals surface area contributed by atoms with E-state index >= 15 is 0 Å². The highest BCUT2D eigenvalue weighted by Gasteiger charge is 2.15. The van der Waals surface area contributed by atoms with Gasteiger partial charge in [0.15, 0.2) is 0 Å². The lowest BCUT2D eigenvalue weighted by molar-refractivity contribution is -0.134. The first-order valence-corrected chi connectivity index (χ1v) is 4.73. The highest BCUT2D eigenvalue weighted by molar-refractivity contribution is 5.79. The van der Waals surface area contributed by atoms with Crippen molar-refractivity contribution < 1.29 is 14.3 Å². The summed E-state index contributed by atoms with van der Waals surface area (Å²) in [6, 6.07) is 0. The fourth-order valence-electron chi connectivity index (χ4n) is 1.05. The normalized spacial score (nSPS) is 10.6. The maximum absolute atomic E-state index is 11.6. The Morgan fingerprint density at radius 1 is 1.29 bits per heavy atom. The number of hydrogen-bond acceptors (Lipinski definition) is 3. The standard InChI is InChI=1S/C10H20NO3/c1-9(2)10(12)11(5-7-13-3)6-8-14-4/h9H,1,5-8H2,2-4H3/t9-/m0/s1. The number of methoxy groups -OCH3 is 2. The van der Waals surface area contributed by atoms with Crippen LogP contribution in [0.15, 0.2) is 0 Å². The third-order valence-electron chi connectivity index (χ3n) is 1.86. The maximum atomic E-state index is 11.6. The van der Waals surface area contributed by atoms with E-state index in [1.54, 1.807) is 26.0 Å². The Morgan fingerprint density at radius 3 is 2.00 bits per heavy atom. The molecule has 0 aliphatic carbocycles. The van der Waals surface area contributed by atoms with Crippen molar-refractivity contribution in [2.24, 2.45) is 5.92 Å². The first kappa shape index (κ1) is 13.4. The lowest BCUT2D eigenvalue weighted by Gasteiger charge is -2.23. The van der Waals surface area contributed by atoms with Crippen molar-refractivity contribution in [2.45, 2.75) is 6.92 Å². The molecule has 0 aromatic carbocycles. The van der Waals surface area contributed by atoms with Gasteiger partial charge < -0.3 is 14.4 Å². The van der Waals surface area contributed by atoms with Crippen molar-refractivity contribution >= 4 is 5.91 Å². The number of nitrogens with zero attached hydrogens (tertiary/aromatic N) is 1. The summed E-state index contributed by atoms with van der Waals surface area (Å²) in [5, 5.41) is 0. The lowest BCUT2D eigenvalue weighted by Crippen LogP contribution is -2.39. The molecule has 83 valence electrons. The van der Waals surface area contributed by atoms with E-state index in [4.69, 9.17) is 9.47 Å². The van der Waals surface area contributed by atoms with E-state index in [1.807, 2.05) is 0 Å². The molecular weight excluding hydrogens is 182 g/mol. The van der Waals surface area contributed by atoms with Crippen LogP contribution in [0.4, 0.5) is 0 Å². The second-order valence-electron chi connectivity index (χ2n) is 3.21. The molecule has 0 aliphatic heterocycles. The molecule has 0 aromatic rings. The van der Waals surface area contributed by atoms with Gasteiger partial charge in [-0.05, 0) is 6.92 Å². The Bertz CT molecular complexity index is 151. The molecule has 0 aliphatic rings. The molecule has 1 atom stereocenters. The van der Waals surface area contributed by atoms with Crippen molar-refractivity contribution in [1.29, 1.82) is 0 Å². The van der Waals surface area contributed by atoms with Gasteiger partial charge in [0.25, 0.3) is 0 Å². The Morgan fingerprint density at radius 2 is 1.71 bits per heavy atom. The summed E-state index contributed by atoms with van der Waals surface area (Å²) in [6.07, 6.45) is 0. The molecule has 4 heteroatoms. The fourth-order valence-corrected chi connectivity index (χ4v) is 1.05. The van der Waals surface area contributed by atoms with Crippen LogP contribution in [-0.2, 0) is 14.3 Å². The topological polar surface area (TPSA) is 38.8 Å². The van der Waals surface area contributed by atoms with E-state index in [2.05, 4.69) is 6.92 Å². The molecule has 0 saturated heterocycles. The molecule has 0 fully saturated rings. The van der Waals surface area contributed by atoms with E-state index in [1.165, 1.54) is 0 Å². The third-order valence-corrected chi connectivity index (χ3v) is 1.86. The lowest BCUT2D eigenvalue weighted by atomic mass is 10.2. The van der Waals surface area contributed by atoms with Gasteiger partial charge in [-0.3, -0.25) is 4.79 Å². The maximum Gasteiger partial charge on any atom is 0.225 e. The molecule has 0 saturated carbocycles. The average molecular weight is 202 g/mol. The number of carbonyl (C=O) groups is 1. The summed E-state index contributed by atoms with van der Waals surface area (Å²) in [5.74, 6) is -0.178. The van der Waals surface area contributed by atoms with Crippen LogP contribution < -0.4 is 0 Å². The summed E-state index contributed by atoms with van der Waals surface area (Å²) < 4.78 is 9.85. The molecular formula is C10H20NO3. The van der Waals surface area contributed by atoms with Crippen molar-refractivity contribution in [1.82, 2.24) is 4.90 Å². The molecule has 0 spiro atoms. The second-order valence-corrected chi connectivity index (χ2v) is 3.21. The first-order chi connectivity index (χ1) is 6.63. The van der Waals surface area contributed by atoms with E-state index in [9.17, 15) is 4.79 Å². The first-order valence-electron chi connectivity index (χ1n) is 4.73. The number of carbonyl (C=O) groups excluding carboxylic acids is 1. The smallest absolute Gasteiger partial charge is 0.225 e. The number of ether oxygens (including phenoxy) is 2. The molecule has 0 rings (SSSR count). The summed E-state index contributed by atoms with van der Waals surface area (Å²) in [5.41, 5.74) is 0. The minimum absolute atomic E-state index is 0.0408. The largest absolute Gasteiger partial charge is 0.383 e. The quantitative estimate of drug-likeness (QED) is 0.606. The molecule has 1 radical (unpaired) electrons. The van der Waals surface area contributed by atoms with E-state index in [-0.39, 0.29) is 11.8 Å². The predicted octanol–water partition coefficient (Wildman–Crippen LogP) is 0.578. The van der Waals surface area contributed by atoms with Crippen LogP contribution in [0.1, 0.15) is 6.92 Å². The Hall–Kier alpha value is -0.610. The minimum atomic E-state index is -0.219. The van der Waals surface area contributed by atoms with Gasteiger partial charge in [-0.1, -0.05) is 6.92 Å². The second kappa shape index (κ2) is 7.76. The zero-order chi connectivity index (χ0) is 11.0. The zero-order valence-electron chi connectivity index (χ0n) is 9.28. The Labute approximate surface area is 86.2 Å².